The van der Waals surface area contributed by atoms with E-state index in [2.05, 4.69) is 0 Å². The minimum atomic E-state index is -3.79. The number of nitrogens with zero attached hydrogens (tertiary/aromatic N) is 1. The van der Waals surface area contributed by atoms with Gasteiger partial charge in [0, 0.05) is 19.7 Å². The van der Waals surface area contributed by atoms with Crippen molar-refractivity contribution in [3.63, 3.8) is 0 Å². The van der Waals surface area contributed by atoms with Crippen molar-refractivity contribution in [2.24, 2.45) is 0 Å². The molecule has 1 aromatic heterocycles. The first-order chi connectivity index (χ1) is 9.46. The normalized spacial score (nSPS) is 19.6. The molecule has 0 spiro atoms. The topological polar surface area (TPSA) is 83.9 Å². The fourth-order valence-electron chi connectivity index (χ4n) is 2.21. The van der Waals surface area contributed by atoms with Crippen LogP contribution in [-0.4, -0.2) is 49.6 Å². The van der Waals surface area contributed by atoms with Gasteiger partial charge in [-0.25, -0.2) is 13.2 Å². The van der Waals surface area contributed by atoms with Crippen LogP contribution < -0.4 is 0 Å². The zero-order valence-corrected chi connectivity index (χ0v) is 12.7. The van der Waals surface area contributed by atoms with Gasteiger partial charge in [0.05, 0.1) is 6.10 Å². The summed E-state index contributed by atoms with van der Waals surface area (Å²) in [4.78, 5) is 10.8. The highest BCUT2D eigenvalue weighted by atomic mass is 32.2. The number of aromatic carboxylic acids is 1. The van der Waals surface area contributed by atoms with Crippen molar-refractivity contribution in [2.75, 3.05) is 19.7 Å². The molecule has 8 heteroatoms. The fraction of sp³-hybridized carbons (Fsp3) is 0.583. The second-order valence-electron chi connectivity index (χ2n) is 4.51. The van der Waals surface area contributed by atoms with Gasteiger partial charge >= 0.3 is 5.97 Å². The van der Waals surface area contributed by atoms with Gasteiger partial charge in [0.15, 0.2) is 0 Å². The standard InChI is InChI=1S/C12H17NO5S2/c1-2-13(8-9-4-3-6-18-9)20(16,17)10-5-7-19-11(10)12(14)15/h5,7,9H,2-4,6,8H2,1H3,(H,14,15). The van der Waals surface area contributed by atoms with Gasteiger partial charge < -0.3 is 9.84 Å². The molecule has 1 aliphatic heterocycles. The zero-order valence-electron chi connectivity index (χ0n) is 11.1. The number of hydrogen-bond donors (Lipinski definition) is 1. The number of carboxylic acids is 1. The molecule has 1 aromatic rings. The van der Waals surface area contributed by atoms with E-state index < -0.39 is 16.0 Å². The van der Waals surface area contributed by atoms with Crippen LogP contribution in [0, 0.1) is 0 Å². The Balaban J connectivity index is 2.26. The van der Waals surface area contributed by atoms with Crippen LogP contribution in [0.25, 0.3) is 0 Å². The van der Waals surface area contributed by atoms with E-state index in [1.807, 2.05) is 0 Å². The van der Waals surface area contributed by atoms with Gasteiger partial charge in [-0.05, 0) is 24.3 Å². The van der Waals surface area contributed by atoms with Crippen LogP contribution in [0.1, 0.15) is 29.4 Å². The minimum absolute atomic E-state index is 0.100. The Bertz CT molecular complexity index is 574. The molecule has 0 aromatic carbocycles. The Morgan fingerprint density at radius 1 is 1.60 bits per heavy atom. The Hall–Kier alpha value is -0.960. The van der Waals surface area contributed by atoms with Gasteiger partial charge in [-0.3, -0.25) is 0 Å². The van der Waals surface area contributed by atoms with Crippen LogP contribution in [0.4, 0.5) is 0 Å². The lowest BCUT2D eigenvalue weighted by Gasteiger charge is -2.23. The molecule has 20 heavy (non-hydrogen) atoms. The average Bonchev–Trinajstić information content (AvgIpc) is 3.06. The van der Waals surface area contributed by atoms with Crippen molar-refractivity contribution in [3.05, 3.63) is 16.3 Å². The third-order valence-electron chi connectivity index (χ3n) is 3.23. The van der Waals surface area contributed by atoms with Crippen molar-refractivity contribution in [1.29, 1.82) is 0 Å². The largest absolute Gasteiger partial charge is 0.477 e. The molecular formula is C12H17NO5S2. The Labute approximate surface area is 122 Å². The van der Waals surface area contributed by atoms with Crippen LogP contribution in [0.15, 0.2) is 16.3 Å². The second-order valence-corrected chi connectivity index (χ2v) is 7.33. The van der Waals surface area contributed by atoms with Crippen molar-refractivity contribution in [1.82, 2.24) is 4.31 Å². The quantitative estimate of drug-likeness (QED) is 0.861. The number of thiophene rings is 1. The van der Waals surface area contributed by atoms with E-state index in [1.54, 1.807) is 6.92 Å². The summed E-state index contributed by atoms with van der Waals surface area (Å²) in [5.74, 6) is -1.22. The van der Waals surface area contributed by atoms with Crippen molar-refractivity contribution in [3.8, 4) is 0 Å². The first-order valence-corrected chi connectivity index (χ1v) is 8.71. The zero-order chi connectivity index (χ0) is 14.8. The molecule has 1 saturated heterocycles. The SMILES string of the molecule is CCN(CC1CCCO1)S(=O)(=O)c1ccsc1C(=O)O. The van der Waals surface area contributed by atoms with Gasteiger partial charge in [-0.15, -0.1) is 11.3 Å². The number of ether oxygens (including phenoxy) is 1. The molecule has 1 aliphatic rings. The summed E-state index contributed by atoms with van der Waals surface area (Å²) in [5, 5.41) is 10.5. The van der Waals surface area contributed by atoms with E-state index in [9.17, 15) is 13.2 Å². The smallest absolute Gasteiger partial charge is 0.347 e. The molecule has 0 bridgehead atoms. The highest BCUT2D eigenvalue weighted by Crippen LogP contribution is 2.26. The fourth-order valence-corrected chi connectivity index (χ4v) is 4.92. The summed E-state index contributed by atoms with van der Waals surface area (Å²) in [5.41, 5.74) is 0. The number of carboxylic acid groups (broad SMARTS) is 1. The summed E-state index contributed by atoms with van der Waals surface area (Å²) in [6, 6.07) is 1.35. The monoisotopic (exact) mass is 319 g/mol. The molecule has 0 saturated carbocycles. The number of rotatable bonds is 6. The van der Waals surface area contributed by atoms with Crippen LogP contribution in [0.2, 0.25) is 0 Å². The van der Waals surface area contributed by atoms with Gasteiger partial charge in [0.2, 0.25) is 10.0 Å². The third kappa shape index (κ3) is 3.03. The lowest BCUT2D eigenvalue weighted by molar-refractivity contribution is 0.0698. The molecule has 2 rings (SSSR count). The van der Waals surface area contributed by atoms with E-state index >= 15 is 0 Å². The molecule has 1 atom stereocenters. The maximum absolute atomic E-state index is 12.6. The van der Waals surface area contributed by atoms with Crippen LogP contribution in [0.3, 0.4) is 0 Å². The summed E-state index contributed by atoms with van der Waals surface area (Å²) in [6.45, 7) is 2.95. The summed E-state index contributed by atoms with van der Waals surface area (Å²) in [6.07, 6.45) is 1.67. The maximum Gasteiger partial charge on any atom is 0.347 e. The number of likely N-dealkylation sites (N-methyl/N-ethyl adjacent to an activating group) is 1. The van der Waals surface area contributed by atoms with Gasteiger partial charge in [-0.2, -0.15) is 4.31 Å². The summed E-state index contributed by atoms with van der Waals surface area (Å²) in [7, 11) is -3.79. The molecular weight excluding hydrogens is 302 g/mol. The van der Waals surface area contributed by atoms with Crippen molar-refractivity contribution >= 4 is 27.3 Å². The van der Waals surface area contributed by atoms with Crippen LogP contribution >= 0.6 is 11.3 Å². The van der Waals surface area contributed by atoms with E-state index in [4.69, 9.17) is 9.84 Å². The number of hydrogen-bond acceptors (Lipinski definition) is 5. The molecule has 1 N–H and O–H groups in total. The van der Waals surface area contributed by atoms with Crippen LogP contribution in [0.5, 0.6) is 0 Å². The Kier molecular flexibility index (Phi) is 4.79. The predicted molar refractivity (Wildman–Crippen MR) is 74.7 cm³/mol. The Morgan fingerprint density at radius 3 is 2.90 bits per heavy atom. The molecule has 112 valence electrons. The second kappa shape index (κ2) is 6.21. The lowest BCUT2D eigenvalue weighted by Crippen LogP contribution is -2.37. The molecule has 2 heterocycles. The molecule has 0 aliphatic carbocycles. The maximum atomic E-state index is 12.6. The van der Waals surface area contributed by atoms with Crippen molar-refractivity contribution < 1.29 is 23.1 Å². The number of sulfonamides is 1. The van der Waals surface area contributed by atoms with Crippen molar-refractivity contribution in [2.45, 2.75) is 30.8 Å². The molecule has 0 radical (unpaired) electrons. The first-order valence-electron chi connectivity index (χ1n) is 6.39. The average molecular weight is 319 g/mol. The van der Waals surface area contributed by atoms with Gasteiger partial charge in [0.25, 0.3) is 0 Å². The molecule has 6 nitrogen and oxygen atoms in total. The van der Waals surface area contributed by atoms with E-state index in [0.29, 0.717) is 6.61 Å². The van der Waals surface area contributed by atoms with Crippen LogP contribution in [-0.2, 0) is 14.8 Å². The van der Waals surface area contributed by atoms with E-state index in [-0.39, 0.29) is 29.0 Å². The van der Waals surface area contributed by atoms with Gasteiger partial charge in [-0.1, -0.05) is 6.92 Å². The third-order valence-corrected chi connectivity index (χ3v) is 6.24. The highest BCUT2D eigenvalue weighted by Gasteiger charge is 2.31. The summed E-state index contributed by atoms with van der Waals surface area (Å²) < 4.78 is 31.8. The minimum Gasteiger partial charge on any atom is -0.477 e. The highest BCUT2D eigenvalue weighted by molar-refractivity contribution is 7.89. The van der Waals surface area contributed by atoms with Gasteiger partial charge in [0.1, 0.15) is 9.77 Å². The van der Waals surface area contributed by atoms with E-state index in [0.717, 1.165) is 24.2 Å². The molecule has 1 unspecified atom stereocenters. The first kappa shape index (κ1) is 15.4. The Morgan fingerprint density at radius 2 is 2.35 bits per heavy atom. The molecule has 1 fully saturated rings. The predicted octanol–water partition coefficient (Wildman–Crippen LogP) is 1.64. The lowest BCUT2D eigenvalue weighted by atomic mass is 10.2. The summed E-state index contributed by atoms with van der Waals surface area (Å²) >= 11 is 0.919. The molecule has 0 amide bonds. The number of carbonyl (C=O) groups is 1. The van der Waals surface area contributed by atoms with E-state index in [1.165, 1.54) is 15.8 Å².